The zero-order valence-electron chi connectivity index (χ0n) is 6.10. The van der Waals surface area contributed by atoms with Gasteiger partial charge in [0.25, 0.3) is 6.43 Å². The summed E-state index contributed by atoms with van der Waals surface area (Å²) >= 11 is 8.37. The maximum Gasteiger partial charge on any atom is 0.281 e. The van der Waals surface area contributed by atoms with E-state index in [4.69, 9.17) is 11.6 Å². The van der Waals surface area contributed by atoms with Crippen LogP contribution in [-0.4, -0.2) is 11.3 Å². The Labute approximate surface area is 86.0 Å². The van der Waals surface area contributed by atoms with E-state index in [2.05, 4.69) is 20.9 Å². The predicted octanol–water partition coefficient (Wildman–Crippen LogP) is 3.25. The number of halogens is 4. The standard InChI is InChI=1S/C7H3BrClF2NO/c8-5-3(2-13)4(9)1-12-6(5)7(10)11/h1-2,7H. The summed E-state index contributed by atoms with van der Waals surface area (Å²) in [4.78, 5) is 13.8. The predicted molar refractivity (Wildman–Crippen MR) is 47.3 cm³/mol. The Bertz CT molecular complexity index is 346. The third-order valence-corrected chi connectivity index (χ3v) is 2.49. The number of nitrogens with zero attached hydrogens (tertiary/aromatic N) is 1. The number of hydrogen-bond acceptors (Lipinski definition) is 2. The molecule has 0 N–H and O–H groups in total. The number of pyridine rings is 1. The van der Waals surface area contributed by atoms with Crippen molar-refractivity contribution in [3.05, 3.63) is 26.9 Å². The van der Waals surface area contributed by atoms with E-state index in [-0.39, 0.29) is 15.1 Å². The minimum atomic E-state index is -2.73. The van der Waals surface area contributed by atoms with Crippen LogP contribution in [0.4, 0.5) is 8.78 Å². The summed E-state index contributed by atoms with van der Waals surface area (Å²) in [5.41, 5.74) is -0.488. The van der Waals surface area contributed by atoms with Gasteiger partial charge in [-0.25, -0.2) is 8.78 Å². The van der Waals surface area contributed by atoms with Crippen LogP contribution in [-0.2, 0) is 0 Å². The molecule has 0 aliphatic rings. The monoisotopic (exact) mass is 269 g/mol. The van der Waals surface area contributed by atoms with E-state index < -0.39 is 12.1 Å². The first kappa shape index (κ1) is 10.5. The Kier molecular flexibility index (Phi) is 3.33. The van der Waals surface area contributed by atoms with Gasteiger partial charge in [-0.2, -0.15) is 0 Å². The fourth-order valence-electron chi connectivity index (χ4n) is 0.755. The molecule has 0 spiro atoms. The van der Waals surface area contributed by atoms with Gasteiger partial charge in [-0.1, -0.05) is 11.6 Å². The molecule has 0 atom stereocenters. The zero-order valence-corrected chi connectivity index (χ0v) is 8.44. The van der Waals surface area contributed by atoms with Crippen molar-refractivity contribution in [1.29, 1.82) is 0 Å². The molecule has 70 valence electrons. The van der Waals surface area contributed by atoms with E-state index in [1.807, 2.05) is 0 Å². The molecule has 0 amide bonds. The largest absolute Gasteiger partial charge is 0.298 e. The Morgan fingerprint density at radius 2 is 2.23 bits per heavy atom. The minimum absolute atomic E-state index is 0.00744. The summed E-state index contributed by atoms with van der Waals surface area (Å²) in [6.07, 6.45) is -1.30. The molecule has 0 bridgehead atoms. The molecule has 0 aromatic carbocycles. The van der Waals surface area contributed by atoms with Gasteiger partial charge < -0.3 is 0 Å². The zero-order chi connectivity index (χ0) is 10.0. The van der Waals surface area contributed by atoms with E-state index in [1.165, 1.54) is 0 Å². The molecule has 0 saturated carbocycles. The average Bonchev–Trinajstić information content (AvgIpc) is 2.04. The molecule has 1 aromatic rings. The van der Waals surface area contributed by atoms with Crippen LogP contribution in [0.3, 0.4) is 0 Å². The van der Waals surface area contributed by atoms with E-state index >= 15 is 0 Å². The fourth-order valence-corrected chi connectivity index (χ4v) is 1.64. The molecular formula is C7H3BrClF2NO. The van der Waals surface area contributed by atoms with Crippen LogP contribution in [0.25, 0.3) is 0 Å². The molecule has 0 radical (unpaired) electrons. The minimum Gasteiger partial charge on any atom is -0.298 e. The van der Waals surface area contributed by atoms with Crippen molar-refractivity contribution in [3.8, 4) is 0 Å². The lowest BCUT2D eigenvalue weighted by Gasteiger charge is -2.04. The fraction of sp³-hybridized carbons (Fsp3) is 0.143. The first-order valence-corrected chi connectivity index (χ1v) is 4.32. The summed E-state index contributed by atoms with van der Waals surface area (Å²) < 4.78 is 24.4. The number of aromatic nitrogens is 1. The average molecular weight is 270 g/mol. The number of carbonyl (C=O) groups is 1. The van der Waals surface area contributed by atoms with Gasteiger partial charge in [-0.3, -0.25) is 9.78 Å². The Balaban J connectivity index is 3.35. The lowest BCUT2D eigenvalue weighted by Crippen LogP contribution is -1.96. The van der Waals surface area contributed by atoms with Crippen molar-refractivity contribution < 1.29 is 13.6 Å². The maximum atomic E-state index is 12.2. The van der Waals surface area contributed by atoms with Crippen molar-refractivity contribution in [2.75, 3.05) is 0 Å². The normalized spacial score (nSPS) is 10.5. The summed E-state index contributed by atoms with van der Waals surface area (Å²) in [5.74, 6) is 0. The number of hydrogen-bond donors (Lipinski definition) is 0. The topological polar surface area (TPSA) is 30.0 Å². The van der Waals surface area contributed by atoms with Crippen LogP contribution in [0.2, 0.25) is 5.02 Å². The molecule has 6 heteroatoms. The van der Waals surface area contributed by atoms with E-state index in [0.717, 1.165) is 6.20 Å². The van der Waals surface area contributed by atoms with Crippen molar-refractivity contribution in [1.82, 2.24) is 4.98 Å². The highest BCUT2D eigenvalue weighted by Crippen LogP contribution is 2.30. The van der Waals surface area contributed by atoms with Gasteiger partial charge in [0, 0.05) is 6.20 Å². The first-order valence-electron chi connectivity index (χ1n) is 3.15. The van der Waals surface area contributed by atoms with Crippen LogP contribution in [0, 0.1) is 0 Å². The van der Waals surface area contributed by atoms with Gasteiger partial charge in [0.2, 0.25) is 0 Å². The Hall–Kier alpha value is -0.550. The smallest absolute Gasteiger partial charge is 0.281 e. The molecular weight excluding hydrogens is 267 g/mol. The Morgan fingerprint density at radius 3 is 2.69 bits per heavy atom. The maximum absolute atomic E-state index is 12.2. The molecule has 1 rings (SSSR count). The molecule has 2 nitrogen and oxygen atoms in total. The number of aldehydes is 1. The molecule has 0 aliphatic heterocycles. The molecule has 0 unspecified atom stereocenters. The quantitative estimate of drug-likeness (QED) is 0.772. The number of carbonyl (C=O) groups excluding carboxylic acids is 1. The highest BCUT2D eigenvalue weighted by Gasteiger charge is 2.17. The first-order chi connectivity index (χ1) is 6.07. The second-order valence-electron chi connectivity index (χ2n) is 2.14. The number of alkyl halides is 2. The molecule has 1 aromatic heterocycles. The third-order valence-electron chi connectivity index (χ3n) is 1.36. The highest BCUT2D eigenvalue weighted by molar-refractivity contribution is 9.10. The SMILES string of the molecule is O=Cc1c(Cl)cnc(C(F)F)c1Br. The van der Waals surface area contributed by atoms with Crippen LogP contribution in [0.15, 0.2) is 10.7 Å². The van der Waals surface area contributed by atoms with Gasteiger partial charge in [0.05, 0.1) is 15.1 Å². The van der Waals surface area contributed by atoms with Crippen LogP contribution in [0.1, 0.15) is 22.5 Å². The summed E-state index contributed by atoms with van der Waals surface area (Å²) in [7, 11) is 0. The lowest BCUT2D eigenvalue weighted by atomic mass is 10.2. The van der Waals surface area contributed by atoms with Crippen LogP contribution in [0.5, 0.6) is 0 Å². The third kappa shape index (κ3) is 2.03. The van der Waals surface area contributed by atoms with Gasteiger partial charge >= 0.3 is 0 Å². The summed E-state index contributed by atoms with van der Waals surface area (Å²) in [6, 6.07) is 0. The molecule has 0 aliphatic carbocycles. The van der Waals surface area contributed by atoms with Gasteiger partial charge in [0.1, 0.15) is 5.69 Å². The molecule has 1 heterocycles. The number of rotatable bonds is 2. The second-order valence-corrected chi connectivity index (χ2v) is 3.34. The molecule has 0 saturated heterocycles. The lowest BCUT2D eigenvalue weighted by molar-refractivity contribution is 0.112. The Morgan fingerprint density at radius 1 is 1.62 bits per heavy atom. The molecule has 13 heavy (non-hydrogen) atoms. The second kappa shape index (κ2) is 4.11. The van der Waals surface area contributed by atoms with Gasteiger partial charge in [-0.15, -0.1) is 0 Å². The van der Waals surface area contributed by atoms with E-state index in [9.17, 15) is 13.6 Å². The van der Waals surface area contributed by atoms with Crippen molar-refractivity contribution >= 4 is 33.8 Å². The van der Waals surface area contributed by atoms with E-state index in [0.29, 0.717) is 6.29 Å². The summed E-state index contributed by atoms with van der Waals surface area (Å²) in [5, 5.41) is 0.0475. The van der Waals surface area contributed by atoms with Crippen molar-refractivity contribution in [2.45, 2.75) is 6.43 Å². The van der Waals surface area contributed by atoms with Gasteiger partial charge in [-0.05, 0) is 15.9 Å². The van der Waals surface area contributed by atoms with Crippen LogP contribution < -0.4 is 0 Å². The van der Waals surface area contributed by atoms with Crippen molar-refractivity contribution in [3.63, 3.8) is 0 Å². The van der Waals surface area contributed by atoms with Gasteiger partial charge in [0.15, 0.2) is 6.29 Å². The van der Waals surface area contributed by atoms with Crippen molar-refractivity contribution in [2.24, 2.45) is 0 Å². The molecule has 0 fully saturated rings. The summed E-state index contributed by atoms with van der Waals surface area (Å²) in [6.45, 7) is 0. The van der Waals surface area contributed by atoms with Crippen LogP contribution >= 0.6 is 27.5 Å². The van der Waals surface area contributed by atoms with E-state index in [1.54, 1.807) is 0 Å². The highest BCUT2D eigenvalue weighted by atomic mass is 79.9.